The molecule has 0 N–H and O–H groups in total. The highest BCUT2D eigenvalue weighted by molar-refractivity contribution is 5.93. The second-order valence-electron chi connectivity index (χ2n) is 5.55. The highest BCUT2D eigenvalue weighted by Crippen LogP contribution is 2.62. The number of aliphatic imine (C=N–C) groups is 1. The minimum absolute atomic E-state index is 0.0461. The molecule has 3 atom stereocenters. The third-order valence-corrected chi connectivity index (χ3v) is 4.22. The van der Waals surface area contributed by atoms with Crippen LogP contribution in [0.4, 0.5) is 13.2 Å². The Morgan fingerprint density at radius 1 is 1.33 bits per heavy atom. The number of benzene rings is 1. The average molecular weight is 253 g/mol. The molecular weight excluding hydrogens is 239 g/mol. The molecule has 1 fully saturated rings. The summed E-state index contributed by atoms with van der Waals surface area (Å²) >= 11 is 0. The molecule has 0 spiro atoms. The Bertz CT molecular complexity index is 532. The SMILES string of the molecule is CC1=NC2CC2(C)C1c1cccc(C(F)(F)F)c1. The molecule has 1 heterocycles. The monoisotopic (exact) mass is 253 g/mol. The second-order valence-corrected chi connectivity index (χ2v) is 5.55. The molecule has 0 bridgehead atoms. The van der Waals surface area contributed by atoms with E-state index in [1.807, 2.05) is 6.92 Å². The van der Waals surface area contributed by atoms with E-state index in [1.54, 1.807) is 6.07 Å². The molecule has 96 valence electrons. The first-order chi connectivity index (χ1) is 8.32. The van der Waals surface area contributed by atoms with E-state index >= 15 is 0 Å². The molecule has 1 saturated carbocycles. The Morgan fingerprint density at radius 3 is 2.61 bits per heavy atom. The number of nitrogens with zero attached hydrogens (tertiary/aromatic N) is 1. The summed E-state index contributed by atoms with van der Waals surface area (Å²) in [7, 11) is 0. The van der Waals surface area contributed by atoms with E-state index in [2.05, 4.69) is 11.9 Å². The number of hydrogen-bond acceptors (Lipinski definition) is 1. The summed E-state index contributed by atoms with van der Waals surface area (Å²) in [6, 6.07) is 5.99. The van der Waals surface area contributed by atoms with Crippen molar-refractivity contribution >= 4 is 5.71 Å². The van der Waals surface area contributed by atoms with Crippen molar-refractivity contribution in [2.75, 3.05) is 0 Å². The fourth-order valence-electron chi connectivity index (χ4n) is 3.18. The molecule has 0 amide bonds. The topological polar surface area (TPSA) is 12.4 Å². The van der Waals surface area contributed by atoms with Gasteiger partial charge in [0.1, 0.15) is 0 Å². The van der Waals surface area contributed by atoms with Gasteiger partial charge in [-0.1, -0.05) is 25.1 Å². The highest BCUT2D eigenvalue weighted by atomic mass is 19.4. The number of alkyl halides is 3. The van der Waals surface area contributed by atoms with Gasteiger partial charge in [0.25, 0.3) is 0 Å². The van der Waals surface area contributed by atoms with Gasteiger partial charge in [-0.3, -0.25) is 4.99 Å². The highest BCUT2D eigenvalue weighted by Gasteiger charge is 2.60. The summed E-state index contributed by atoms with van der Waals surface area (Å²) < 4.78 is 38.2. The first-order valence-electron chi connectivity index (χ1n) is 6.04. The lowest BCUT2D eigenvalue weighted by atomic mass is 9.82. The quantitative estimate of drug-likeness (QED) is 0.716. The van der Waals surface area contributed by atoms with Crippen molar-refractivity contribution in [2.45, 2.75) is 38.4 Å². The van der Waals surface area contributed by atoms with Crippen LogP contribution in [0.15, 0.2) is 29.3 Å². The summed E-state index contributed by atoms with van der Waals surface area (Å²) in [5, 5.41) is 0. The zero-order valence-electron chi connectivity index (χ0n) is 10.3. The maximum Gasteiger partial charge on any atom is 0.416 e. The molecular formula is C14H14F3N. The largest absolute Gasteiger partial charge is 0.416 e. The molecule has 3 unspecified atom stereocenters. The molecule has 0 saturated heterocycles. The first-order valence-corrected chi connectivity index (χ1v) is 6.04. The van der Waals surface area contributed by atoms with Crippen LogP contribution in [0.3, 0.4) is 0 Å². The van der Waals surface area contributed by atoms with Gasteiger partial charge < -0.3 is 0 Å². The molecule has 18 heavy (non-hydrogen) atoms. The lowest BCUT2D eigenvalue weighted by Crippen LogP contribution is -2.17. The van der Waals surface area contributed by atoms with Gasteiger partial charge in [0.15, 0.2) is 0 Å². The van der Waals surface area contributed by atoms with Crippen molar-refractivity contribution in [2.24, 2.45) is 10.4 Å². The zero-order valence-corrected chi connectivity index (χ0v) is 10.3. The second kappa shape index (κ2) is 3.37. The normalized spacial score (nSPS) is 34.2. The molecule has 1 aliphatic heterocycles. The van der Waals surface area contributed by atoms with Crippen molar-refractivity contribution in [3.8, 4) is 0 Å². The van der Waals surface area contributed by atoms with E-state index < -0.39 is 11.7 Å². The van der Waals surface area contributed by atoms with Crippen LogP contribution in [-0.2, 0) is 6.18 Å². The van der Waals surface area contributed by atoms with Crippen molar-refractivity contribution in [3.05, 3.63) is 35.4 Å². The predicted molar refractivity (Wildman–Crippen MR) is 63.8 cm³/mol. The van der Waals surface area contributed by atoms with Gasteiger partial charge in [-0.15, -0.1) is 0 Å². The van der Waals surface area contributed by atoms with E-state index in [-0.39, 0.29) is 11.3 Å². The smallest absolute Gasteiger partial charge is 0.290 e. The van der Waals surface area contributed by atoms with E-state index in [9.17, 15) is 13.2 Å². The van der Waals surface area contributed by atoms with Crippen molar-refractivity contribution < 1.29 is 13.2 Å². The number of halogens is 3. The van der Waals surface area contributed by atoms with Gasteiger partial charge in [0.2, 0.25) is 0 Å². The summed E-state index contributed by atoms with van der Waals surface area (Å²) in [4.78, 5) is 4.52. The van der Waals surface area contributed by atoms with Crippen LogP contribution < -0.4 is 0 Å². The van der Waals surface area contributed by atoms with Gasteiger partial charge >= 0.3 is 6.18 Å². The molecule has 1 aromatic rings. The van der Waals surface area contributed by atoms with Crippen LogP contribution in [0.2, 0.25) is 0 Å². The van der Waals surface area contributed by atoms with Gasteiger partial charge in [-0.2, -0.15) is 13.2 Å². The maximum absolute atomic E-state index is 12.7. The molecule has 1 nitrogen and oxygen atoms in total. The van der Waals surface area contributed by atoms with Crippen LogP contribution >= 0.6 is 0 Å². The Morgan fingerprint density at radius 2 is 2.06 bits per heavy atom. The molecule has 0 aromatic heterocycles. The third-order valence-electron chi connectivity index (χ3n) is 4.22. The van der Waals surface area contributed by atoms with Crippen molar-refractivity contribution in [1.82, 2.24) is 0 Å². The lowest BCUT2D eigenvalue weighted by Gasteiger charge is -2.21. The minimum atomic E-state index is -4.27. The average Bonchev–Trinajstić information content (AvgIpc) is 2.81. The van der Waals surface area contributed by atoms with Gasteiger partial charge in [-0.05, 0) is 25.0 Å². The van der Waals surface area contributed by atoms with E-state index in [1.165, 1.54) is 12.1 Å². The summed E-state index contributed by atoms with van der Waals surface area (Å²) in [5.41, 5.74) is 1.19. The Labute approximate surface area is 104 Å². The van der Waals surface area contributed by atoms with Gasteiger partial charge in [0, 0.05) is 17.0 Å². The van der Waals surface area contributed by atoms with Crippen LogP contribution in [0, 0.1) is 5.41 Å². The first kappa shape index (κ1) is 11.8. The van der Waals surface area contributed by atoms with Crippen LogP contribution in [-0.4, -0.2) is 11.8 Å². The van der Waals surface area contributed by atoms with Gasteiger partial charge in [0.05, 0.1) is 11.6 Å². The maximum atomic E-state index is 12.7. The Balaban J connectivity index is 2.01. The number of fused-ring (bicyclic) bond motifs is 1. The van der Waals surface area contributed by atoms with E-state index in [0.29, 0.717) is 6.04 Å². The van der Waals surface area contributed by atoms with Crippen LogP contribution in [0.25, 0.3) is 0 Å². The summed E-state index contributed by atoms with van der Waals surface area (Å²) in [6.07, 6.45) is -3.28. The Kier molecular flexibility index (Phi) is 2.20. The summed E-state index contributed by atoms with van der Waals surface area (Å²) in [6.45, 7) is 4.03. The minimum Gasteiger partial charge on any atom is -0.290 e. The predicted octanol–water partition coefficient (Wildman–Crippen LogP) is 4.04. The van der Waals surface area contributed by atoms with E-state index in [0.717, 1.165) is 23.8 Å². The van der Waals surface area contributed by atoms with Crippen LogP contribution in [0.5, 0.6) is 0 Å². The zero-order chi connectivity index (χ0) is 13.1. The van der Waals surface area contributed by atoms with Gasteiger partial charge in [-0.25, -0.2) is 0 Å². The van der Waals surface area contributed by atoms with Crippen molar-refractivity contribution in [1.29, 1.82) is 0 Å². The third kappa shape index (κ3) is 1.58. The Hall–Kier alpha value is -1.32. The molecule has 0 radical (unpaired) electrons. The number of rotatable bonds is 1. The lowest BCUT2D eigenvalue weighted by molar-refractivity contribution is -0.137. The fraction of sp³-hybridized carbons (Fsp3) is 0.500. The molecule has 3 rings (SSSR count). The molecule has 4 heteroatoms. The molecule has 2 aliphatic rings. The molecule has 1 aromatic carbocycles. The number of hydrogen-bond donors (Lipinski definition) is 0. The van der Waals surface area contributed by atoms with Crippen LogP contribution in [0.1, 0.15) is 37.3 Å². The summed E-state index contributed by atoms with van der Waals surface area (Å²) in [5.74, 6) is 0.0461. The fourth-order valence-corrected chi connectivity index (χ4v) is 3.18. The standard InChI is InChI=1S/C14H14F3N/c1-8-12(13(2)7-11(13)18-8)9-4-3-5-10(6-9)14(15,16)17/h3-6,11-12H,7H2,1-2H3. The molecule has 1 aliphatic carbocycles. The van der Waals surface area contributed by atoms with Crippen molar-refractivity contribution in [3.63, 3.8) is 0 Å². The van der Waals surface area contributed by atoms with E-state index in [4.69, 9.17) is 0 Å².